The number of hydrogen-bond acceptors (Lipinski definition) is 2. The molecule has 0 aliphatic carbocycles. The minimum atomic E-state index is -0.0753. The highest BCUT2D eigenvalue weighted by atomic mass is 16.1. The first-order valence-corrected chi connectivity index (χ1v) is 3.46. The lowest BCUT2D eigenvalue weighted by atomic mass is 10.2. The number of carbonyl (C=O) groups is 1. The fourth-order valence-corrected chi connectivity index (χ4v) is 1.04. The number of nitrogens with one attached hydrogen (secondary N) is 2. The first-order valence-electron chi connectivity index (χ1n) is 3.46. The van der Waals surface area contributed by atoms with Crippen LogP contribution in [0.1, 0.15) is 6.42 Å². The largest absolute Gasteiger partial charge is 0.349 e. The van der Waals surface area contributed by atoms with Gasteiger partial charge >= 0.3 is 0 Å². The Hall–Kier alpha value is -0.830. The third-order valence-corrected chi connectivity index (χ3v) is 1.59. The minimum Gasteiger partial charge on any atom is -0.349 e. The maximum atomic E-state index is 10.7. The predicted molar refractivity (Wildman–Crippen MR) is 39.6 cm³/mol. The van der Waals surface area contributed by atoms with E-state index in [2.05, 4.69) is 17.2 Å². The average molecular weight is 140 g/mol. The third-order valence-electron chi connectivity index (χ3n) is 1.59. The normalized spacial score (nSPS) is 24.2. The van der Waals surface area contributed by atoms with E-state index in [1.807, 2.05) is 0 Å². The van der Waals surface area contributed by atoms with Gasteiger partial charge < -0.3 is 10.6 Å². The van der Waals surface area contributed by atoms with Gasteiger partial charge in [0.25, 0.3) is 0 Å². The lowest BCUT2D eigenvalue weighted by molar-refractivity contribution is -0.117. The number of rotatable bonds is 2. The summed E-state index contributed by atoms with van der Waals surface area (Å²) in [5, 5.41) is 5.96. The quantitative estimate of drug-likeness (QED) is 0.515. The maximum Gasteiger partial charge on any atom is 0.243 e. The molecule has 1 aliphatic heterocycles. The molecule has 0 radical (unpaired) electrons. The van der Waals surface area contributed by atoms with E-state index in [-0.39, 0.29) is 5.91 Å². The Kier molecular flexibility index (Phi) is 2.45. The highest BCUT2D eigenvalue weighted by Gasteiger charge is 2.14. The number of carbonyl (C=O) groups excluding carboxylic acids is 1. The molecule has 0 aromatic rings. The smallest absolute Gasteiger partial charge is 0.243 e. The molecule has 1 fully saturated rings. The molecule has 1 unspecified atom stereocenters. The van der Waals surface area contributed by atoms with Crippen LogP contribution in [-0.4, -0.2) is 25.0 Å². The summed E-state index contributed by atoms with van der Waals surface area (Å²) in [6.07, 6.45) is 2.33. The van der Waals surface area contributed by atoms with Gasteiger partial charge in [0.05, 0.1) is 0 Å². The zero-order valence-corrected chi connectivity index (χ0v) is 5.89. The van der Waals surface area contributed by atoms with Gasteiger partial charge in [-0.2, -0.15) is 0 Å². The van der Waals surface area contributed by atoms with E-state index >= 15 is 0 Å². The lowest BCUT2D eigenvalue weighted by Gasteiger charge is -2.07. The molecular weight excluding hydrogens is 128 g/mol. The molecule has 10 heavy (non-hydrogen) atoms. The van der Waals surface area contributed by atoms with E-state index in [0.717, 1.165) is 19.5 Å². The van der Waals surface area contributed by atoms with Crippen molar-refractivity contribution in [2.75, 3.05) is 13.1 Å². The molecule has 1 amide bonds. The van der Waals surface area contributed by atoms with Crippen molar-refractivity contribution >= 4 is 5.91 Å². The topological polar surface area (TPSA) is 41.1 Å². The van der Waals surface area contributed by atoms with Gasteiger partial charge in [-0.25, -0.2) is 0 Å². The van der Waals surface area contributed by atoms with Gasteiger partial charge in [-0.05, 0) is 19.0 Å². The predicted octanol–water partition coefficient (Wildman–Crippen LogP) is -0.349. The van der Waals surface area contributed by atoms with Gasteiger partial charge in [0, 0.05) is 12.6 Å². The second-order valence-corrected chi connectivity index (χ2v) is 2.40. The molecule has 3 heteroatoms. The average Bonchev–Trinajstić information content (AvgIpc) is 2.40. The Labute approximate surface area is 60.5 Å². The summed E-state index contributed by atoms with van der Waals surface area (Å²) < 4.78 is 0. The van der Waals surface area contributed by atoms with Crippen molar-refractivity contribution in [2.45, 2.75) is 12.5 Å². The molecular formula is C7H12N2O. The monoisotopic (exact) mass is 140 g/mol. The minimum absolute atomic E-state index is 0.0753. The summed E-state index contributed by atoms with van der Waals surface area (Å²) in [5.74, 6) is -0.0753. The van der Waals surface area contributed by atoms with Gasteiger partial charge in [-0.1, -0.05) is 6.58 Å². The first kappa shape index (κ1) is 7.28. The second kappa shape index (κ2) is 3.37. The molecule has 0 bridgehead atoms. The molecule has 0 spiro atoms. The van der Waals surface area contributed by atoms with Crippen LogP contribution in [0, 0.1) is 0 Å². The summed E-state index contributed by atoms with van der Waals surface area (Å²) in [6, 6.07) is 0.311. The molecule has 56 valence electrons. The SMILES string of the molecule is C=CC(=O)NC1CCNC1. The Balaban J connectivity index is 2.23. The summed E-state index contributed by atoms with van der Waals surface area (Å²) in [7, 11) is 0. The van der Waals surface area contributed by atoms with Crippen LogP contribution in [-0.2, 0) is 4.79 Å². The lowest BCUT2D eigenvalue weighted by Crippen LogP contribution is -2.34. The van der Waals surface area contributed by atoms with Gasteiger partial charge in [-0.3, -0.25) is 4.79 Å². The van der Waals surface area contributed by atoms with Crippen molar-refractivity contribution in [1.29, 1.82) is 0 Å². The van der Waals surface area contributed by atoms with Gasteiger partial charge in [0.15, 0.2) is 0 Å². The van der Waals surface area contributed by atoms with Crippen LogP contribution < -0.4 is 10.6 Å². The molecule has 0 aromatic carbocycles. The second-order valence-electron chi connectivity index (χ2n) is 2.40. The summed E-state index contributed by atoms with van der Waals surface area (Å²) in [5.41, 5.74) is 0. The maximum absolute atomic E-state index is 10.7. The van der Waals surface area contributed by atoms with E-state index in [1.165, 1.54) is 6.08 Å². The third kappa shape index (κ3) is 1.84. The van der Waals surface area contributed by atoms with Crippen molar-refractivity contribution in [3.63, 3.8) is 0 Å². The molecule has 1 saturated heterocycles. The Morgan fingerprint density at radius 2 is 2.60 bits per heavy atom. The van der Waals surface area contributed by atoms with Gasteiger partial charge in [0.2, 0.25) is 5.91 Å². The molecule has 1 atom stereocenters. The van der Waals surface area contributed by atoms with Crippen LogP contribution in [0.2, 0.25) is 0 Å². The molecule has 0 aromatic heterocycles. The summed E-state index contributed by atoms with van der Waals surface area (Å²) in [6.45, 7) is 5.26. The van der Waals surface area contributed by atoms with Crippen LogP contribution in [0.25, 0.3) is 0 Å². The van der Waals surface area contributed by atoms with Crippen LogP contribution in [0.15, 0.2) is 12.7 Å². The van der Waals surface area contributed by atoms with Crippen molar-refractivity contribution in [3.8, 4) is 0 Å². The van der Waals surface area contributed by atoms with E-state index in [0.29, 0.717) is 6.04 Å². The van der Waals surface area contributed by atoms with E-state index < -0.39 is 0 Å². The van der Waals surface area contributed by atoms with Crippen LogP contribution >= 0.6 is 0 Å². The Morgan fingerprint density at radius 3 is 3.10 bits per heavy atom. The van der Waals surface area contributed by atoms with Crippen molar-refractivity contribution in [3.05, 3.63) is 12.7 Å². The van der Waals surface area contributed by atoms with Gasteiger partial charge in [0.1, 0.15) is 0 Å². The molecule has 1 heterocycles. The zero-order valence-electron chi connectivity index (χ0n) is 5.89. The van der Waals surface area contributed by atoms with Crippen molar-refractivity contribution in [2.24, 2.45) is 0 Å². The van der Waals surface area contributed by atoms with Crippen LogP contribution in [0.3, 0.4) is 0 Å². The van der Waals surface area contributed by atoms with E-state index in [9.17, 15) is 4.79 Å². The fraction of sp³-hybridized carbons (Fsp3) is 0.571. The molecule has 0 saturated carbocycles. The zero-order chi connectivity index (χ0) is 7.40. The highest BCUT2D eigenvalue weighted by Crippen LogP contribution is 1.95. The molecule has 3 nitrogen and oxygen atoms in total. The molecule has 1 rings (SSSR count). The summed E-state index contributed by atoms with van der Waals surface area (Å²) in [4.78, 5) is 10.7. The first-order chi connectivity index (χ1) is 4.83. The highest BCUT2D eigenvalue weighted by molar-refractivity contribution is 5.87. The van der Waals surface area contributed by atoms with Crippen LogP contribution in [0.4, 0.5) is 0 Å². The Morgan fingerprint density at radius 1 is 1.80 bits per heavy atom. The number of amides is 1. The fourth-order valence-electron chi connectivity index (χ4n) is 1.04. The Bertz CT molecular complexity index is 139. The van der Waals surface area contributed by atoms with Crippen LogP contribution in [0.5, 0.6) is 0 Å². The van der Waals surface area contributed by atoms with Crippen molar-refractivity contribution in [1.82, 2.24) is 10.6 Å². The van der Waals surface area contributed by atoms with Crippen molar-refractivity contribution < 1.29 is 4.79 Å². The number of hydrogen-bond donors (Lipinski definition) is 2. The molecule has 1 aliphatic rings. The standard InChI is InChI=1S/C7H12N2O/c1-2-7(10)9-6-3-4-8-5-6/h2,6,8H,1,3-5H2,(H,9,10). The van der Waals surface area contributed by atoms with Gasteiger partial charge in [-0.15, -0.1) is 0 Å². The molecule has 2 N–H and O–H groups in total. The summed E-state index contributed by atoms with van der Waals surface area (Å²) >= 11 is 0. The van der Waals surface area contributed by atoms with E-state index in [4.69, 9.17) is 0 Å². The van der Waals surface area contributed by atoms with E-state index in [1.54, 1.807) is 0 Å².